The molecule has 0 aromatic heterocycles. The standard InChI is InChI=1S/C13H27NO3S/c1-11(2)10-17-8-7-14-12-5-4-6-13(9-12)18(3,15)16/h11-14H,4-10H2,1-3H3. The molecule has 1 fully saturated rings. The van der Waals surface area contributed by atoms with Crippen LogP contribution in [-0.4, -0.2) is 45.7 Å². The fourth-order valence-corrected chi connectivity index (χ4v) is 3.55. The van der Waals surface area contributed by atoms with Gasteiger partial charge in [0.15, 0.2) is 0 Å². The summed E-state index contributed by atoms with van der Waals surface area (Å²) in [5.41, 5.74) is 0. The fraction of sp³-hybridized carbons (Fsp3) is 1.00. The molecule has 2 unspecified atom stereocenters. The summed E-state index contributed by atoms with van der Waals surface area (Å²) in [4.78, 5) is 0. The van der Waals surface area contributed by atoms with E-state index in [0.29, 0.717) is 18.6 Å². The molecule has 1 aliphatic carbocycles. The highest BCUT2D eigenvalue weighted by Gasteiger charge is 2.28. The molecule has 2 atom stereocenters. The summed E-state index contributed by atoms with van der Waals surface area (Å²) in [5.74, 6) is 0.564. The van der Waals surface area contributed by atoms with Gasteiger partial charge < -0.3 is 10.1 Å². The molecule has 0 bridgehead atoms. The third-order valence-electron chi connectivity index (χ3n) is 3.36. The predicted molar refractivity (Wildman–Crippen MR) is 74.5 cm³/mol. The van der Waals surface area contributed by atoms with Crippen LogP contribution < -0.4 is 5.32 Å². The first kappa shape index (κ1) is 15.9. The van der Waals surface area contributed by atoms with Crippen LogP contribution >= 0.6 is 0 Å². The molecule has 108 valence electrons. The lowest BCUT2D eigenvalue weighted by atomic mass is 9.95. The highest BCUT2D eigenvalue weighted by molar-refractivity contribution is 7.91. The monoisotopic (exact) mass is 277 g/mol. The van der Waals surface area contributed by atoms with Gasteiger partial charge >= 0.3 is 0 Å². The van der Waals surface area contributed by atoms with E-state index in [9.17, 15) is 8.42 Å². The Morgan fingerprint density at radius 3 is 2.67 bits per heavy atom. The van der Waals surface area contributed by atoms with Gasteiger partial charge in [-0.1, -0.05) is 20.3 Å². The van der Waals surface area contributed by atoms with Crippen molar-refractivity contribution in [3.63, 3.8) is 0 Å². The second-order valence-corrected chi connectivity index (χ2v) is 8.06. The summed E-state index contributed by atoms with van der Waals surface area (Å²) in [6, 6.07) is 0.334. The minimum atomic E-state index is -2.88. The smallest absolute Gasteiger partial charge is 0.150 e. The van der Waals surface area contributed by atoms with E-state index in [1.807, 2.05) is 0 Å². The number of hydrogen-bond acceptors (Lipinski definition) is 4. The van der Waals surface area contributed by atoms with Crippen molar-refractivity contribution < 1.29 is 13.2 Å². The predicted octanol–water partition coefficient (Wildman–Crippen LogP) is 1.60. The van der Waals surface area contributed by atoms with E-state index in [1.165, 1.54) is 6.26 Å². The third-order valence-corrected chi connectivity index (χ3v) is 5.00. The Labute approximate surface area is 111 Å². The van der Waals surface area contributed by atoms with E-state index in [1.54, 1.807) is 0 Å². The van der Waals surface area contributed by atoms with Crippen molar-refractivity contribution in [1.82, 2.24) is 5.32 Å². The summed E-state index contributed by atoms with van der Waals surface area (Å²) in [7, 11) is -2.88. The normalized spacial score (nSPS) is 25.6. The quantitative estimate of drug-likeness (QED) is 0.718. The lowest BCUT2D eigenvalue weighted by Crippen LogP contribution is -2.40. The average molecular weight is 277 g/mol. The maximum atomic E-state index is 11.5. The number of ether oxygens (including phenoxy) is 1. The Morgan fingerprint density at radius 2 is 2.06 bits per heavy atom. The number of rotatable bonds is 7. The van der Waals surface area contributed by atoms with Crippen LogP contribution in [0.15, 0.2) is 0 Å². The van der Waals surface area contributed by atoms with Crippen molar-refractivity contribution in [2.45, 2.75) is 50.8 Å². The van der Waals surface area contributed by atoms with Gasteiger partial charge in [-0.25, -0.2) is 8.42 Å². The molecule has 0 radical (unpaired) electrons. The van der Waals surface area contributed by atoms with Crippen molar-refractivity contribution >= 4 is 9.84 Å². The molecule has 4 nitrogen and oxygen atoms in total. The minimum Gasteiger partial charge on any atom is -0.380 e. The summed E-state index contributed by atoms with van der Waals surface area (Å²) in [6.45, 7) is 6.57. The van der Waals surface area contributed by atoms with Crippen LogP contribution in [0.25, 0.3) is 0 Å². The zero-order chi connectivity index (χ0) is 13.6. The Balaban J connectivity index is 2.19. The van der Waals surface area contributed by atoms with Crippen LogP contribution in [-0.2, 0) is 14.6 Å². The summed E-state index contributed by atoms with van der Waals surface area (Å²) in [5, 5.41) is 3.26. The van der Waals surface area contributed by atoms with Gasteiger partial charge in [0.05, 0.1) is 11.9 Å². The molecule has 18 heavy (non-hydrogen) atoms. The van der Waals surface area contributed by atoms with Crippen molar-refractivity contribution in [3.05, 3.63) is 0 Å². The van der Waals surface area contributed by atoms with Gasteiger partial charge in [-0.05, 0) is 25.2 Å². The minimum absolute atomic E-state index is 0.152. The molecule has 0 spiro atoms. The molecule has 1 rings (SSSR count). The van der Waals surface area contributed by atoms with Gasteiger partial charge in [0.1, 0.15) is 9.84 Å². The van der Waals surface area contributed by atoms with E-state index in [2.05, 4.69) is 19.2 Å². The molecule has 0 saturated heterocycles. The molecule has 5 heteroatoms. The molecule has 0 aromatic carbocycles. The van der Waals surface area contributed by atoms with Crippen LogP contribution in [0.2, 0.25) is 0 Å². The van der Waals surface area contributed by atoms with Crippen LogP contribution in [0.4, 0.5) is 0 Å². The van der Waals surface area contributed by atoms with Crippen molar-refractivity contribution in [2.75, 3.05) is 26.0 Å². The molecular weight excluding hydrogens is 250 g/mol. The van der Waals surface area contributed by atoms with Crippen LogP contribution in [0.3, 0.4) is 0 Å². The van der Waals surface area contributed by atoms with Crippen molar-refractivity contribution in [2.24, 2.45) is 5.92 Å². The van der Waals surface area contributed by atoms with Crippen molar-refractivity contribution in [3.8, 4) is 0 Å². The lowest BCUT2D eigenvalue weighted by molar-refractivity contribution is 0.109. The van der Waals surface area contributed by atoms with Crippen LogP contribution in [0.1, 0.15) is 39.5 Å². The Kier molecular flexibility index (Phi) is 6.60. The van der Waals surface area contributed by atoms with E-state index < -0.39 is 9.84 Å². The maximum absolute atomic E-state index is 11.5. The third kappa shape index (κ3) is 6.16. The van der Waals surface area contributed by atoms with Crippen molar-refractivity contribution in [1.29, 1.82) is 0 Å². The SMILES string of the molecule is CC(C)COCCNC1CCCC(S(C)(=O)=O)C1. The number of nitrogens with one attached hydrogen (secondary N) is 1. The topological polar surface area (TPSA) is 55.4 Å². The van der Waals surface area contributed by atoms with Gasteiger partial charge in [0, 0.05) is 25.4 Å². The summed E-state index contributed by atoms with van der Waals surface area (Å²) >= 11 is 0. The summed E-state index contributed by atoms with van der Waals surface area (Å²) < 4.78 is 28.6. The number of sulfone groups is 1. The largest absolute Gasteiger partial charge is 0.380 e. The average Bonchev–Trinajstić information content (AvgIpc) is 2.27. The lowest BCUT2D eigenvalue weighted by Gasteiger charge is -2.28. The highest BCUT2D eigenvalue weighted by Crippen LogP contribution is 2.23. The second kappa shape index (κ2) is 7.46. The Bertz CT molecular complexity index is 327. The second-order valence-electron chi connectivity index (χ2n) is 5.74. The fourth-order valence-electron chi connectivity index (χ4n) is 2.37. The molecule has 1 N–H and O–H groups in total. The van der Waals surface area contributed by atoms with E-state index in [4.69, 9.17) is 4.74 Å². The zero-order valence-corrected chi connectivity index (χ0v) is 12.6. The molecule has 0 amide bonds. The van der Waals surface area contributed by atoms with Gasteiger partial charge in [-0.3, -0.25) is 0 Å². The van der Waals surface area contributed by atoms with E-state index in [-0.39, 0.29) is 5.25 Å². The first-order valence-corrected chi connectivity index (χ1v) is 8.85. The van der Waals surface area contributed by atoms with Gasteiger partial charge in [0.25, 0.3) is 0 Å². The molecule has 1 aliphatic rings. The van der Waals surface area contributed by atoms with Gasteiger partial charge in [0.2, 0.25) is 0 Å². The van der Waals surface area contributed by atoms with Gasteiger partial charge in [-0.2, -0.15) is 0 Å². The maximum Gasteiger partial charge on any atom is 0.150 e. The number of hydrogen-bond donors (Lipinski definition) is 1. The van der Waals surface area contributed by atoms with E-state index in [0.717, 1.165) is 38.8 Å². The Morgan fingerprint density at radius 1 is 1.33 bits per heavy atom. The first-order valence-electron chi connectivity index (χ1n) is 6.89. The zero-order valence-electron chi connectivity index (χ0n) is 11.8. The molecular formula is C13H27NO3S. The molecule has 0 aromatic rings. The van der Waals surface area contributed by atoms with Crippen LogP contribution in [0.5, 0.6) is 0 Å². The molecule has 0 heterocycles. The highest BCUT2D eigenvalue weighted by atomic mass is 32.2. The van der Waals surface area contributed by atoms with Crippen LogP contribution in [0, 0.1) is 5.92 Å². The summed E-state index contributed by atoms with van der Waals surface area (Å²) in [6.07, 6.45) is 5.01. The first-order chi connectivity index (χ1) is 8.39. The van der Waals surface area contributed by atoms with E-state index >= 15 is 0 Å². The van der Waals surface area contributed by atoms with Gasteiger partial charge in [-0.15, -0.1) is 0 Å². The Hall–Kier alpha value is -0.130. The molecule has 0 aliphatic heterocycles. The molecule has 1 saturated carbocycles.